The highest BCUT2D eigenvalue weighted by molar-refractivity contribution is 7.75. The molecule has 0 aliphatic heterocycles. The first-order chi connectivity index (χ1) is 12.6. The van der Waals surface area contributed by atoms with E-state index in [-0.39, 0.29) is 11.3 Å². The Morgan fingerprint density at radius 2 is 1.73 bits per heavy atom. The molecule has 0 aliphatic carbocycles. The lowest BCUT2D eigenvalue weighted by atomic mass is 10.1. The summed E-state index contributed by atoms with van der Waals surface area (Å²) >= 11 is 0. The highest BCUT2D eigenvalue weighted by atomic mass is 32.2. The van der Waals surface area contributed by atoms with E-state index in [4.69, 9.17) is 0 Å². The molecule has 5 nitrogen and oxygen atoms in total. The molecule has 26 heavy (non-hydrogen) atoms. The van der Waals surface area contributed by atoms with Crippen LogP contribution in [0.15, 0.2) is 82.3 Å². The molecule has 0 fully saturated rings. The predicted octanol–water partition coefficient (Wildman–Crippen LogP) is 3.05. The van der Waals surface area contributed by atoms with Crippen LogP contribution in [0.25, 0.3) is 0 Å². The fourth-order valence-electron chi connectivity index (χ4n) is 2.10. The van der Waals surface area contributed by atoms with E-state index in [9.17, 15) is 14.1 Å². The van der Waals surface area contributed by atoms with Crippen molar-refractivity contribution in [1.29, 1.82) is 0 Å². The largest absolute Gasteiger partial charge is 0.507 e. The van der Waals surface area contributed by atoms with Gasteiger partial charge in [-0.3, -0.25) is 9.78 Å². The number of carbonyl (C=O) groups excluding carboxylic acids is 1. The molecule has 0 radical (unpaired) electrons. The minimum Gasteiger partial charge on any atom is -0.507 e. The van der Waals surface area contributed by atoms with Gasteiger partial charge in [0.25, 0.3) is 5.91 Å². The van der Waals surface area contributed by atoms with Gasteiger partial charge >= 0.3 is 0 Å². The van der Waals surface area contributed by atoms with Gasteiger partial charge in [-0.05, 0) is 30.3 Å². The Bertz CT molecular complexity index is 1090. The first-order valence-corrected chi connectivity index (χ1v) is 8.88. The Kier molecular flexibility index (Phi) is 5.42. The molecule has 0 saturated heterocycles. The van der Waals surface area contributed by atoms with Gasteiger partial charge in [-0.2, -0.15) is 4.36 Å². The summed E-state index contributed by atoms with van der Waals surface area (Å²) in [5, 5.41) is 9.72. The third-order valence-electron chi connectivity index (χ3n) is 3.39. The van der Waals surface area contributed by atoms with Gasteiger partial charge in [0.2, 0.25) is 0 Å². The number of pyridine rings is 1. The molecular formula is C20H14N2O3S. The molecule has 6 heteroatoms. The Morgan fingerprint density at radius 3 is 2.50 bits per heavy atom. The Morgan fingerprint density at radius 1 is 1.00 bits per heavy atom. The quantitative estimate of drug-likeness (QED) is 0.542. The third kappa shape index (κ3) is 4.35. The summed E-state index contributed by atoms with van der Waals surface area (Å²) in [6.45, 7) is 0. The first-order valence-electron chi connectivity index (χ1n) is 7.67. The molecule has 0 bridgehead atoms. The standard InChI is InChI=1S/C20H14N2O3S/c23-19-9-5-4-6-16(19)11-10-15-12-17(14-21-13-15)20(24)22-26(25)18-7-2-1-3-8-18/h1-9,12-14,23,26H. The molecule has 1 amide bonds. The maximum atomic E-state index is 12.2. The number of hydrogen-bond acceptors (Lipinski definition) is 4. The fraction of sp³-hybridized carbons (Fsp3) is 0. The number of phenolic OH excluding ortho intramolecular Hbond substituents is 1. The number of para-hydroxylation sites is 1. The van der Waals surface area contributed by atoms with Crippen LogP contribution in [0.1, 0.15) is 21.5 Å². The van der Waals surface area contributed by atoms with Gasteiger partial charge in [-0.25, -0.2) is 4.21 Å². The number of hydrogen-bond donors (Lipinski definition) is 2. The number of aromatic nitrogens is 1. The summed E-state index contributed by atoms with van der Waals surface area (Å²) < 4.78 is 15.9. The topological polar surface area (TPSA) is 79.6 Å². The van der Waals surface area contributed by atoms with Crippen molar-refractivity contribution in [3.05, 3.63) is 89.7 Å². The van der Waals surface area contributed by atoms with Crippen LogP contribution in [0.2, 0.25) is 0 Å². The molecule has 2 aromatic carbocycles. The van der Waals surface area contributed by atoms with Crippen molar-refractivity contribution in [2.75, 3.05) is 0 Å². The molecule has 0 spiro atoms. The van der Waals surface area contributed by atoms with Crippen molar-refractivity contribution in [3.8, 4) is 17.6 Å². The van der Waals surface area contributed by atoms with E-state index < -0.39 is 16.5 Å². The van der Waals surface area contributed by atoms with Crippen molar-refractivity contribution < 1.29 is 14.1 Å². The maximum absolute atomic E-state index is 12.2. The van der Waals surface area contributed by atoms with Crippen LogP contribution in [0.4, 0.5) is 0 Å². The van der Waals surface area contributed by atoms with Crippen LogP contribution in [-0.2, 0) is 10.6 Å². The van der Waals surface area contributed by atoms with Crippen LogP contribution in [0.3, 0.4) is 0 Å². The minimum absolute atomic E-state index is 0.0787. The molecule has 0 aliphatic rings. The minimum atomic E-state index is -2.17. The summed E-state index contributed by atoms with van der Waals surface area (Å²) in [5.74, 6) is 5.13. The second kappa shape index (κ2) is 8.10. The van der Waals surface area contributed by atoms with Crippen molar-refractivity contribution >= 4 is 16.5 Å². The highest BCUT2D eigenvalue weighted by Gasteiger charge is 2.06. The summed E-state index contributed by atoms with van der Waals surface area (Å²) in [6, 6.07) is 16.8. The number of phenols is 1. The Labute approximate surface area is 152 Å². The number of aromatic hydroxyl groups is 1. The van der Waals surface area contributed by atoms with Gasteiger partial charge in [-0.15, -0.1) is 0 Å². The molecule has 1 aromatic heterocycles. The second-order valence-corrected chi connectivity index (χ2v) is 6.51. The lowest BCUT2D eigenvalue weighted by molar-refractivity contribution is 0.100. The first kappa shape index (κ1) is 17.4. The average Bonchev–Trinajstić information content (AvgIpc) is 2.68. The molecule has 128 valence electrons. The predicted molar refractivity (Wildman–Crippen MR) is 99.3 cm³/mol. The maximum Gasteiger partial charge on any atom is 0.286 e. The fourth-order valence-corrected chi connectivity index (χ4v) is 2.92. The van der Waals surface area contributed by atoms with Gasteiger partial charge in [0, 0.05) is 22.9 Å². The monoisotopic (exact) mass is 362 g/mol. The zero-order valence-electron chi connectivity index (χ0n) is 13.5. The second-order valence-electron chi connectivity index (χ2n) is 5.24. The van der Waals surface area contributed by atoms with Crippen LogP contribution in [0, 0.1) is 11.8 Å². The van der Waals surface area contributed by atoms with Gasteiger partial charge < -0.3 is 5.11 Å². The van der Waals surface area contributed by atoms with E-state index in [1.165, 1.54) is 18.5 Å². The highest BCUT2D eigenvalue weighted by Crippen LogP contribution is 2.14. The molecule has 3 rings (SSSR count). The molecule has 1 N–H and O–H groups in total. The normalized spacial score (nSPS) is 11.4. The van der Waals surface area contributed by atoms with E-state index in [1.807, 2.05) is 0 Å². The number of amides is 1. The lowest BCUT2D eigenvalue weighted by Crippen LogP contribution is -1.97. The molecule has 3 aromatic rings. The van der Waals surface area contributed by atoms with Gasteiger partial charge in [0.05, 0.1) is 21.7 Å². The van der Waals surface area contributed by atoms with E-state index in [2.05, 4.69) is 21.2 Å². The average molecular weight is 362 g/mol. The Hall–Kier alpha value is -3.43. The lowest BCUT2D eigenvalue weighted by Gasteiger charge is -1.97. The van der Waals surface area contributed by atoms with E-state index in [0.29, 0.717) is 16.0 Å². The van der Waals surface area contributed by atoms with Crippen LogP contribution in [-0.4, -0.2) is 20.2 Å². The SMILES string of the molecule is O=C(N=[SH](=O)c1ccccc1)c1cncc(C#Cc2ccccc2O)c1. The van der Waals surface area contributed by atoms with Gasteiger partial charge in [-0.1, -0.05) is 42.2 Å². The van der Waals surface area contributed by atoms with Crippen LogP contribution < -0.4 is 0 Å². The van der Waals surface area contributed by atoms with Crippen molar-refractivity contribution in [2.45, 2.75) is 4.90 Å². The molecule has 1 unspecified atom stereocenters. The summed E-state index contributed by atoms with van der Waals surface area (Å²) in [6.07, 6.45) is 2.85. The molecule has 1 atom stereocenters. The number of rotatable bonds is 2. The molecular weight excluding hydrogens is 348 g/mol. The van der Waals surface area contributed by atoms with Gasteiger partial charge in [0.1, 0.15) is 5.75 Å². The number of benzene rings is 2. The summed E-state index contributed by atoms with van der Waals surface area (Å²) in [5.41, 5.74) is 1.17. The number of carbonyl (C=O) groups is 1. The smallest absolute Gasteiger partial charge is 0.286 e. The van der Waals surface area contributed by atoms with E-state index in [0.717, 1.165) is 0 Å². The summed E-state index contributed by atoms with van der Waals surface area (Å²) in [4.78, 5) is 16.7. The summed E-state index contributed by atoms with van der Waals surface area (Å²) in [7, 11) is -2.17. The van der Waals surface area contributed by atoms with Crippen LogP contribution in [0.5, 0.6) is 5.75 Å². The number of thiol groups is 1. The Balaban J connectivity index is 1.85. The van der Waals surface area contributed by atoms with Crippen LogP contribution >= 0.6 is 0 Å². The van der Waals surface area contributed by atoms with E-state index >= 15 is 0 Å². The van der Waals surface area contributed by atoms with Gasteiger partial charge in [0.15, 0.2) is 0 Å². The third-order valence-corrected chi connectivity index (χ3v) is 4.49. The zero-order valence-corrected chi connectivity index (χ0v) is 14.4. The number of nitrogens with zero attached hydrogens (tertiary/aromatic N) is 2. The molecule has 1 heterocycles. The van der Waals surface area contributed by atoms with Crippen molar-refractivity contribution in [3.63, 3.8) is 0 Å². The molecule has 0 saturated carbocycles. The van der Waals surface area contributed by atoms with E-state index in [1.54, 1.807) is 54.6 Å². The zero-order chi connectivity index (χ0) is 18.4. The van der Waals surface area contributed by atoms with Crippen molar-refractivity contribution in [2.24, 2.45) is 4.36 Å². The van der Waals surface area contributed by atoms with Crippen molar-refractivity contribution in [1.82, 2.24) is 4.98 Å².